The van der Waals surface area contributed by atoms with Gasteiger partial charge in [0.25, 0.3) is 0 Å². The quantitative estimate of drug-likeness (QED) is 0.0407. The van der Waals surface area contributed by atoms with Gasteiger partial charge in [0.05, 0.1) is 24.9 Å². The van der Waals surface area contributed by atoms with Crippen molar-refractivity contribution in [3.05, 3.63) is 48.6 Å². The average molecular weight is 623 g/mol. The molecular formula is C36H62O8. The number of unbranched alkanes of at least 4 members (excludes halogenated alkanes) is 11. The van der Waals surface area contributed by atoms with Crippen molar-refractivity contribution in [2.45, 2.75) is 154 Å². The molecule has 0 aliphatic heterocycles. The largest absolute Gasteiger partial charge is 0.462 e. The van der Waals surface area contributed by atoms with Crippen molar-refractivity contribution in [1.29, 1.82) is 0 Å². The minimum atomic E-state index is -1.09. The average Bonchev–Trinajstić information content (AvgIpc) is 3.01. The summed E-state index contributed by atoms with van der Waals surface area (Å²) < 4.78 is 10.4. The van der Waals surface area contributed by atoms with Gasteiger partial charge in [0.1, 0.15) is 6.61 Å². The minimum Gasteiger partial charge on any atom is -0.462 e. The lowest BCUT2D eigenvalue weighted by Gasteiger charge is -2.17. The maximum absolute atomic E-state index is 12.1. The van der Waals surface area contributed by atoms with E-state index in [1.807, 2.05) is 6.08 Å². The molecule has 0 aliphatic carbocycles. The molecule has 8 nitrogen and oxygen atoms in total. The highest BCUT2D eigenvalue weighted by molar-refractivity contribution is 5.70. The molecule has 0 unspecified atom stereocenters. The fourth-order valence-electron chi connectivity index (χ4n) is 4.46. The standard InChI is InChI=1S/C36H62O8/c1-3-5-7-8-9-10-11-12-17-21-27-35(41)43-30-32(29-37)44-36(42)28-22-26-34(40)33(39)25-20-16-14-13-15-19-24-31(38)23-18-6-4-2/h13-16,19-20,24-25,31-34,37-40H,3-12,17-18,21-23,26-30H2,1-2H3/b15-13-,16-14+,24-19+,25-20+/t31-,32-,33-,34-/m0/s1. The molecule has 8 heteroatoms. The van der Waals surface area contributed by atoms with Crippen molar-refractivity contribution in [2.24, 2.45) is 0 Å². The summed E-state index contributed by atoms with van der Waals surface area (Å²) >= 11 is 0. The van der Waals surface area contributed by atoms with E-state index >= 15 is 0 Å². The van der Waals surface area contributed by atoms with E-state index in [1.165, 1.54) is 51.0 Å². The smallest absolute Gasteiger partial charge is 0.306 e. The van der Waals surface area contributed by atoms with Crippen LogP contribution in [0.5, 0.6) is 0 Å². The maximum Gasteiger partial charge on any atom is 0.306 e. The summed E-state index contributed by atoms with van der Waals surface area (Å²) in [4.78, 5) is 24.1. The van der Waals surface area contributed by atoms with Crippen LogP contribution < -0.4 is 0 Å². The van der Waals surface area contributed by atoms with Crippen LogP contribution in [0.4, 0.5) is 0 Å². The van der Waals surface area contributed by atoms with Gasteiger partial charge in [-0.25, -0.2) is 0 Å². The Morgan fingerprint density at radius 3 is 1.75 bits per heavy atom. The number of allylic oxidation sites excluding steroid dienone is 6. The van der Waals surface area contributed by atoms with E-state index in [0.717, 1.165) is 44.9 Å². The van der Waals surface area contributed by atoms with Crippen LogP contribution in [-0.2, 0) is 19.1 Å². The fraction of sp³-hybridized carbons (Fsp3) is 0.722. The predicted molar refractivity (Wildman–Crippen MR) is 177 cm³/mol. The Morgan fingerprint density at radius 1 is 0.614 bits per heavy atom. The molecule has 0 fully saturated rings. The van der Waals surface area contributed by atoms with Crippen LogP contribution >= 0.6 is 0 Å². The molecule has 0 aliphatic rings. The van der Waals surface area contributed by atoms with Crippen LogP contribution in [0.1, 0.15) is 129 Å². The second-order valence-corrected chi connectivity index (χ2v) is 11.5. The number of carbonyl (C=O) groups is 2. The molecule has 0 rings (SSSR count). The van der Waals surface area contributed by atoms with Gasteiger partial charge in [-0.3, -0.25) is 9.59 Å². The van der Waals surface area contributed by atoms with Gasteiger partial charge < -0.3 is 29.9 Å². The Hall–Kier alpha value is -2.26. The third-order valence-corrected chi connectivity index (χ3v) is 7.24. The topological polar surface area (TPSA) is 134 Å². The van der Waals surface area contributed by atoms with Crippen LogP contribution in [0, 0.1) is 0 Å². The molecule has 0 aromatic heterocycles. The van der Waals surface area contributed by atoms with E-state index in [1.54, 1.807) is 36.5 Å². The molecule has 254 valence electrons. The first kappa shape index (κ1) is 41.7. The predicted octanol–water partition coefficient (Wildman–Crippen LogP) is 6.80. The molecular weight excluding hydrogens is 560 g/mol. The molecule has 0 aromatic carbocycles. The van der Waals surface area contributed by atoms with E-state index in [2.05, 4.69) is 13.8 Å². The maximum atomic E-state index is 12.1. The number of ether oxygens (including phenoxy) is 2. The monoisotopic (exact) mass is 622 g/mol. The summed E-state index contributed by atoms with van der Waals surface area (Å²) in [5, 5.41) is 39.6. The molecule has 0 spiro atoms. The lowest BCUT2D eigenvalue weighted by molar-refractivity contribution is -0.161. The van der Waals surface area contributed by atoms with Gasteiger partial charge in [-0.1, -0.05) is 140 Å². The van der Waals surface area contributed by atoms with Crippen LogP contribution in [0.3, 0.4) is 0 Å². The highest BCUT2D eigenvalue weighted by Gasteiger charge is 2.18. The van der Waals surface area contributed by atoms with Crippen LogP contribution in [0.2, 0.25) is 0 Å². The highest BCUT2D eigenvalue weighted by Crippen LogP contribution is 2.12. The highest BCUT2D eigenvalue weighted by atomic mass is 16.6. The zero-order valence-electron chi connectivity index (χ0n) is 27.5. The summed E-state index contributed by atoms with van der Waals surface area (Å²) in [5.74, 6) is -0.927. The van der Waals surface area contributed by atoms with Crippen molar-refractivity contribution >= 4 is 11.9 Å². The van der Waals surface area contributed by atoms with Gasteiger partial charge in [-0.2, -0.15) is 0 Å². The fourth-order valence-corrected chi connectivity index (χ4v) is 4.46. The van der Waals surface area contributed by atoms with E-state index < -0.39 is 37.0 Å². The Labute approximate surface area is 266 Å². The molecule has 0 heterocycles. The molecule has 0 aromatic rings. The first-order valence-electron chi connectivity index (χ1n) is 17.0. The van der Waals surface area contributed by atoms with Gasteiger partial charge in [-0.15, -0.1) is 0 Å². The Kier molecular flexibility index (Phi) is 29.2. The lowest BCUT2D eigenvalue weighted by Crippen LogP contribution is -2.29. The first-order chi connectivity index (χ1) is 21.3. The Bertz CT molecular complexity index is 804. The zero-order valence-corrected chi connectivity index (χ0v) is 27.5. The van der Waals surface area contributed by atoms with Gasteiger partial charge in [-0.05, 0) is 25.7 Å². The molecule has 0 radical (unpaired) electrons. The molecule has 4 atom stereocenters. The van der Waals surface area contributed by atoms with Gasteiger partial charge in [0, 0.05) is 12.8 Å². The second kappa shape index (κ2) is 30.8. The van der Waals surface area contributed by atoms with Crippen molar-refractivity contribution in [1.82, 2.24) is 0 Å². The Balaban J connectivity index is 4.03. The molecule has 44 heavy (non-hydrogen) atoms. The summed E-state index contributed by atoms with van der Waals surface area (Å²) in [7, 11) is 0. The third-order valence-electron chi connectivity index (χ3n) is 7.24. The molecule has 0 amide bonds. The van der Waals surface area contributed by atoms with E-state index in [9.17, 15) is 30.0 Å². The number of esters is 2. The van der Waals surface area contributed by atoms with E-state index in [0.29, 0.717) is 6.42 Å². The number of hydrogen-bond acceptors (Lipinski definition) is 8. The molecule has 0 saturated heterocycles. The lowest BCUT2D eigenvalue weighted by atomic mass is 10.1. The number of aliphatic hydroxyl groups excluding tert-OH is 4. The van der Waals surface area contributed by atoms with Crippen molar-refractivity contribution in [3.63, 3.8) is 0 Å². The van der Waals surface area contributed by atoms with Gasteiger partial charge in [0.15, 0.2) is 6.10 Å². The normalized spacial score (nSPS) is 15.0. The minimum absolute atomic E-state index is 0.00204. The van der Waals surface area contributed by atoms with Gasteiger partial charge >= 0.3 is 11.9 Å². The third kappa shape index (κ3) is 27.3. The van der Waals surface area contributed by atoms with Crippen molar-refractivity contribution in [3.8, 4) is 0 Å². The van der Waals surface area contributed by atoms with Crippen LogP contribution in [0.25, 0.3) is 0 Å². The second-order valence-electron chi connectivity index (χ2n) is 11.5. The molecule has 4 N–H and O–H groups in total. The van der Waals surface area contributed by atoms with Gasteiger partial charge in [0.2, 0.25) is 0 Å². The summed E-state index contributed by atoms with van der Waals surface area (Å²) in [6.45, 7) is 3.70. The number of rotatable bonds is 29. The van der Waals surface area contributed by atoms with E-state index in [4.69, 9.17) is 9.47 Å². The van der Waals surface area contributed by atoms with Crippen LogP contribution in [0.15, 0.2) is 48.6 Å². The van der Waals surface area contributed by atoms with E-state index in [-0.39, 0.29) is 31.8 Å². The SMILES string of the molecule is CCCCCCCCCCCCC(=O)OC[C@H](CO)OC(=O)CCC[C@H](O)[C@@H](O)/C=C/C=C/C=C\C=C\[C@@H](O)CCCCC. The Morgan fingerprint density at radius 2 is 1.14 bits per heavy atom. The first-order valence-corrected chi connectivity index (χ1v) is 17.0. The summed E-state index contributed by atoms with van der Waals surface area (Å²) in [6, 6.07) is 0. The van der Waals surface area contributed by atoms with Crippen molar-refractivity contribution in [2.75, 3.05) is 13.2 Å². The van der Waals surface area contributed by atoms with Crippen LogP contribution in [-0.4, -0.2) is 70.0 Å². The molecule has 0 bridgehead atoms. The number of carbonyl (C=O) groups excluding carboxylic acids is 2. The zero-order chi connectivity index (χ0) is 32.7. The van der Waals surface area contributed by atoms with Crippen molar-refractivity contribution < 1.29 is 39.5 Å². The molecule has 0 saturated carbocycles. The number of aliphatic hydroxyl groups is 4. The number of hydrogen-bond donors (Lipinski definition) is 4. The summed E-state index contributed by atoms with van der Waals surface area (Å²) in [5.41, 5.74) is 0. The summed E-state index contributed by atoms with van der Waals surface area (Å²) in [6.07, 6.45) is 26.8.